The van der Waals surface area contributed by atoms with E-state index in [1.54, 1.807) is 0 Å². The summed E-state index contributed by atoms with van der Waals surface area (Å²) in [5.74, 6) is -0.770. The van der Waals surface area contributed by atoms with Crippen molar-refractivity contribution in [2.24, 2.45) is 0 Å². The van der Waals surface area contributed by atoms with E-state index in [0.29, 0.717) is 12.7 Å². The quantitative estimate of drug-likeness (QED) is 0.684. The third kappa shape index (κ3) is 4.88. The van der Waals surface area contributed by atoms with Crippen LogP contribution < -0.4 is 0 Å². The lowest BCUT2D eigenvalue weighted by atomic mass is 10.1. The summed E-state index contributed by atoms with van der Waals surface area (Å²) in [6.45, 7) is 0.375. The van der Waals surface area contributed by atoms with Gasteiger partial charge in [0.2, 0.25) is 0 Å². The molecule has 0 aromatic carbocycles. The Morgan fingerprint density at radius 2 is 1.85 bits per heavy atom. The van der Waals surface area contributed by atoms with Crippen LogP contribution in [0.5, 0.6) is 0 Å². The molecule has 13 heavy (non-hydrogen) atoms. The largest absolute Gasteiger partial charge is 0.481 e. The molecule has 0 aliphatic heterocycles. The normalized spacial score (nSPS) is 19.7. The molecular formula is C10H18O3. The summed E-state index contributed by atoms with van der Waals surface area (Å²) in [6, 6.07) is 0. The first kappa shape index (κ1) is 10.5. The lowest BCUT2D eigenvalue weighted by Crippen LogP contribution is -2.14. The van der Waals surface area contributed by atoms with Gasteiger partial charge in [0.1, 0.15) is 0 Å². The van der Waals surface area contributed by atoms with Gasteiger partial charge in [-0.25, -0.2) is 0 Å². The smallest absolute Gasteiger partial charge is 0.305 e. The SMILES string of the molecule is O=C(O)CCOC1CCCCCC1. The molecule has 1 N–H and O–H groups in total. The Morgan fingerprint density at radius 3 is 2.38 bits per heavy atom. The second kappa shape index (κ2) is 5.97. The van der Waals surface area contributed by atoms with Crippen molar-refractivity contribution < 1.29 is 14.6 Å². The second-order valence-electron chi connectivity index (χ2n) is 3.63. The van der Waals surface area contributed by atoms with Crippen molar-refractivity contribution in [3.8, 4) is 0 Å². The molecule has 0 saturated heterocycles. The molecule has 0 aromatic rings. The van der Waals surface area contributed by atoms with Gasteiger partial charge in [0.25, 0.3) is 0 Å². The van der Waals surface area contributed by atoms with Crippen LogP contribution in [-0.4, -0.2) is 23.8 Å². The zero-order valence-electron chi connectivity index (χ0n) is 8.00. The Labute approximate surface area is 79.1 Å². The van der Waals surface area contributed by atoms with Gasteiger partial charge in [0.05, 0.1) is 19.1 Å². The van der Waals surface area contributed by atoms with E-state index < -0.39 is 5.97 Å². The number of carboxylic acid groups (broad SMARTS) is 1. The minimum Gasteiger partial charge on any atom is -0.481 e. The molecule has 0 amide bonds. The molecule has 1 aliphatic rings. The van der Waals surface area contributed by atoms with E-state index in [9.17, 15) is 4.79 Å². The number of carboxylic acids is 1. The zero-order valence-corrected chi connectivity index (χ0v) is 8.00. The molecule has 0 radical (unpaired) electrons. The molecule has 1 aliphatic carbocycles. The summed E-state index contributed by atoms with van der Waals surface area (Å²) in [5, 5.41) is 8.42. The molecule has 0 aromatic heterocycles. The van der Waals surface area contributed by atoms with Crippen molar-refractivity contribution >= 4 is 5.97 Å². The Kier molecular flexibility index (Phi) is 4.83. The Balaban J connectivity index is 2.08. The fraction of sp³-hybridized carbons (Fsp3) is 0.900. The summed E-state index contributed by atoms with van der Waals surface area (Å²) in [7, 11) is 0. The van der Waals surface area contributed by atoms with Crippen LogP contribution in [0, 0.1) is 0 Å². The van der Waals surface area contributed by atoms with Gasteiger partial charge in [-0.2, -0.15) is 0 Å². The van der Waals surface area contributed by atoms with Crippen LogP contribution in [0.25, 0.3) is 0 Å². The van der Waals surface area contributed by atoms with E-state index in [4.69, 9.17) is 9.84 Å². The second-order valence-corrected chi connectivity index (χ2v) is 3.63. The Bertz CT molecular complexity index is 148. The number of aliphatic carboxylic acids is 1. The molecule has 76 valence electrons. The summed E-state index contributed by atoms with van der Waals surface area (Å²) in [5.41, 5.74) is 0. The third-order valence-electron chi connectivity index (χ3n) is 2.47. The van der Waals surface area contributed by atoms with Gasteiger partial charge in [0.15, 0.2) is 0 Å². The highest BCUT2D eigenvalue weighted by Gasteiger charge is 2.12. The van der Waals surface area contributed by atoms with Crippen LogP contribution in [0.4, 0.5) is 0 Å². The average molecular weight is 186 g/mol. The van der Waals surface area contributed by atoms with Crippen molar-refractivity contribution in [3.05, 3.63) is 0 Å². The van der Waals surface area contributed by atoms with E-state index in [1.807, 2.05) is 0 Å². The van der Waals surface area contributed by atoms with Crippen LogP contribution >= 0.6 is 0 Å². The molecule has 0 bridgehead atoms. The summed E-state index contributed by atoms with van der Waals surface area (Å²) in [4.78, 5) is 10.2. The van der Waals surface area contributed by atoms with Gasteiger partial charge in [-0.1, -0.05) is 25.7 Å². The van der Waals surface area contributed by atoms with Crippen molar-refractivity contribution in [1.82, 2.24) is 0 Å². The Hall–Kier alpha value is -0.570. The van der Waals surface area contributed by atoms with Crippen LogP contribution in [0.2, 0.25) is 0 Å². The third-order valence-corrected chi connectivity index (χ3v) is 2.47. The van der Waals surface area contributed by atoms with Gasteiger partial charge < -0.3 is 9.84 Å². The van der Waals surface area contributed by atoms with Gasteiger partial charge in [0, 0.05) is 0 Å². The first-order chi connectivity index (χ1) is 6.29. The predicted molar refractivity (Wildman–Crippen MR) is 49.7 cm³/mol. The lowest BCUT2D eigenvalue weighted by molar-refractivity contribution is -0.138. The number of hydrogen-bond acceptors (Lipinski definition) is 2. The number of rotatable bonds is 4. The van der Waals surface area contributed by atoms with Gasteiger partial charge in [-0.15, -0.1) is 0 Å². The maximum absolute atomic E-state index is 10.2. The Morgan fingerprint density at radius 1 is 1.23 bits per heavy atom. The van der Waals surface area contributed by atoms with E-state index >= 15 is 0 Å². The van der Waals surface area contributed by atoms with Crippen molar-refractivity contribution in [2.45, 2.75) is 51.0 Å². The minimum atomic E-state index is -0.770. The van der Waals surface area contributed by atoms with Gasteiger partial charge in [-0.05, 0) is 12.8 Å². The highest BCUT2D eigenvalue weighted by molar-refractivity contribution is 5.66. The molecule has 1 rings (SSSR count). The number of hydrogen-bond donors (Lipinski definition) is 1. The molecule has 0 atom stereocenters. The van der Waals surface area contributed by atoms with E-state index in [0.717, 1.165) is 12.8 Å². The van der Waals surface area contributed by atoms with Crippen molar-refractivity contribution in [1.29, 1.82) is 0 Å². The predicted octanol–water partition coefficient (Wildman–Crippen LogP) is 2.20. The molecule has 3 heteroatoms. The average Bonchev–Trinajstić information content (AvgIpc) is 2.32. The fourth-order valence-electron chi connectivity index (χ4n) is 1.72. The monoisotopic (exact) mass is 186 g/mol. The standard InChI is InChI=1S/C10H18O3/c11-10(12)7-8-13-9-5-3-1-2-4-6-9/h9H,1-8H2,(H,11,12). The number of ether oxygens (including phenoxy) is 1. The highest BCUT2D eigenvalue weighted by Crippen LogP contribution is 2.19. The summed E-state index contributed by atoms with van der Waals surface area (Å²) in [6.07, 6.45) is 7.75. The van der Waals surface area contributed by atoms with E-state index in [-0.39, 0.29) is 6.42 Å². The van der Waals surface area contributed by atoms with Crippen molar-refractivity contribution in [3.63, 3.8) is 0 Å². The molecular weight excluding hydrogens is 168 g/mol. The van der Waals surface area contributed by atoms with Crippen molar-refractivity contribution in [2.75, 3.05) is 6.61 Å². The maximum atomic E-state index is 10.2. The lowest BCUT2D eigenvalue weighted by Gasteiger charge is -2.13. The highest BCUT2D eigenvalue weighted by atomic mass is 16.5. The van der Waals surface area contributed by atoms with E-state index in [2.05, 4.69) is 0 Å². The summed E-state index contributed by atoms with van der Waals surface area (Å²) >= 11 is 0. The topological polar surface area (TPSA) is 46.5 Å². The van der Waals surface area contributed by atoms with Gasteiger partial charge >= 0.3 is 5.97 Å². The molecule has 3 nitrogen and oxygen atoms in total. The van der Waals surface area contributed by atoms with E-state index in [1.165, 1.54) is 25.7 Å². The number of carbonyl (C=O) groups is 1. The van der Waals surface area contributed by atoms with Crippen LogP contribution in [0.1, 0.15) is 44.9 Å². The van der Waals surface area contributed by atoms with Crippen LogP contribution in [0.3, 0.4) is 0 Å². The molecule has 1 saturated carbocycles. The molecule has 0 spiro atoms. The zero-order chi connectivity index (χ0) is 9.52. The first-order valence-corrected chi connectivity index (χ1v) is 5.12. The van der Waals surface area contributed by atoms with Crippen LogP contribution in [-0.2, 0) is 9.53 Å². The van der Waals surface area contributed by atoms with Gasteiger partial charge in [-0.3, -0.25) is 4.79 Å². The maximum Gasteiger partial charge on any atom is 0.305 e. The fourth-order valence-corrected chi connectivity index (χ4v) is 1.72. The molecule has 0 unspecified atom stereocenters. The first-order valence-electron chi connectivity index (χ1n) is 5.12. The minimum absolute atomic E-state index is 0.135. The van der Waals surface area contributed by atoms with Crippen LogP contribution in [0.15, 0.2) is 0 Å². The molecule has 1 fully saturated rings. The summed E-state index contributed by atoms with van der Waals surface area (Å²) < 4.78 is 5.49. The molecule has 0 heterocycles.